The minimum Gasteiger partial charge on any atom is -0.504 e. The lowest BCUT2D eigenvalue weighted by Crippen LogP contribution is -2.81. The van der Waals surface area contributed by atoms with Crippen LogP contribution in [0.15, 0.2) is 54.6 Å². The summed E-state index contributed by atoms with van der Waals surface area (Å²) in [6.07, 6.45) is 10.1. The fraction of sp³-hybridized carbons (Fsp3) is 0.469. The molecule has 2 aromatic rings. The van der Waals surface area contributed by atoms with Crippen LogP contribution in [0.25, 0.3) is 6.08 Å². The van der Waals surface area contributed by atoms with Crippen LogP contribution < -0.4 is 4.74 Å². The Morgan fingerprint density at radius 3 is 2.79 bits per heavy atom. The van der Waals surface area contributed by atoms with Crippen molar-refractivity contribution >= 4 is 12.0 Å². The van der Waals surface area contributed by atoms with E-state index in [9.17, 15) is 9.90 Å². The summed E-state index contributed by atoms with van der Waals surface area (Å²) < 4.78 is 13.3. The topological polar surface area (TPSA) is 62.2 Å². The molecule has 4 aliphatic carbocycles. The van der Waals surface area contributed by atoms with Gasteiger partial charge in [0.25, 0.3) is 0 Å². The molecule has 3 fully saturated rings. The van der Waals surface area contributed by atoms with Crippen LogP contribution in [0.3, 0.4) is 0 Å². The zero-order valence-electron chi connectivity index (χ0n) is 22.2. The number of hydrogen-bond donors (Lipinski definition) is 1. The molecular formula is C32H34N2O4. The highest BCUT2D eigenvalue weighted by atomic mass is 16.6. The van der Waals surface area contributed by atoms with E-state index < -0.39 is 5.60 Å². The molecule has 0 aromatic heterocycles. The van der Waals surface area contributed by atoms with Gasteiger partial charge in [-0.2, -0.15) is 0 Å². The number of carbonyl (C=O) groups excluding carboxylic acids is 1. The van der Waals surface area contributed by atoms with Crippen LogP contribution in [0.2, 0.25) is 0 Å². The molecule has 7 unspecified atom stereocenters. The number of aryl methyl sites for hydroxylation is 1. The number of likely N-dealkylation sites (N-methyl/N-ethyl adjacent to an activating group) is 1. The molecule has 3 aliphatic heterocycles. The summed E-state index contributed by atoms with van der Waals surface area (Å²) in [7, 11) is 4.04. The summed E-state index contributed by atoms with van der Waals surface area (Å²) in [5.74, 6) is 1.32. The van der Waals surface area contributed by atoms with E-state index in [1.807, 2.05) is 29.2 Å². The Bertz CT molecular complexity index is 1450. The number of phenolic OH excluding ortho intramolecular Hbond substituents is 1. The first-order chi connectivity index (χ1) is 18.4. The summed E-state index contributed by atoms with van der Waals surface area (Å²) in [5.41, 5.74) is 3.62. The van der Waals surface area contributed by atoms with Crippen LogP contribution in [-0.2, 0) is 21.4 Å². The molecule has 1 saturated carbocycles. The molecule has 4 bridgehead atoms. The van der Waals surface area contributed by atoms with Gasteiger partial charge in [0.2, 0.25) is 5.91 Å². The number of aromatic hydroxyl groups is 1. The molecule has 2 spiro atoms. The first-order valence-corrected chi connectivity index (χ1v) is 13.9. The van der Waals surface area contributed by atoms with Crippen molar-refractivity contribution in [2.24, 2.45) is 17.3 Å². The van der Waals surface area contributed by atoms with Gasteiger partial charge in [-0.25, -0.2) is 0 Å². The Hall–Kier alpha value is -3.09. The number of benzene rings is 2. The van der Waals surface area contributed by atoms with E-state index in [4.69, 9.17) is 9.47 Å². The number of methoxy groups -OCH3 is 1. The highest BCUT2D eigenvalue weighted by molar-refractivity contribution is 5.92. The molecule has 6 heteroatoms. The molecule has 9 rings (SSSR count). The quantitative estimate of drug-likeness (QED) is 0.504. The minimum absolute atomic E-state index is 0.0568. The predicted molar refractivity (Wildman–Crippen MR) is 144 cm³/mol. The van der Waals surface area contributed by atoms with Crippen molar-refractivity contribution in [1.82, 2.24) is 9.80 Å². The van der Waals surface area contributed by atoms with Gasteiger partial charge in [0.05, 0.1) is 5.41 Å². The van der Waals surface area contributed by atoms with Crippen LogP contribution in [0, 0.1) is 24.2 Å². The molecule has 3 heterocycles. The second-order valence-corrected chi connectivity index (χ2v) is 12.3. The van der Waals surface area contributed by atoms with E-state index in [0.717, 1.165) is 30.5 Å². The molecule has 6 nitrogen and oxygen atoms in total. The lowest BCUT2D eigenvalue weighted by molar-refractivity contribution is -0.230. The van der Waals surface area contributed by atoms with E-state index >= 15 is 0 Å². The number of likely N-dealkylation sites (tertiary alicyclic amines) is 2. The monoisotopic (exact) mass is 510 g/mol. The third-order valence-corrected chi connectivity index (χ3v) is 11.3. The Kier molecular flexibility index (Phi) is 4.39. The molecule has 0 radical (unpaired) electrons. The number of ether oxygens (including phenoxy) is 2. The summed E-state index contributed by atoms with van der Waals surface area (Å²) in [6.45, 7) is 4.40. The SMILES string of the molecule is COC12C=CC3(C4CN(C(=O)C=Cc5ccccc5C)CC41)C1Cc4ccc(O)c5c4C3(CCN1C)C2O5. The summed E-state index contributed by atoms with van der Waals surface area (Å²) in [5, 5.41) is 10.9. The molecular weight excluding hydrogens is 476 g/mol. The Morgan fingerprint density at radius 1 is 1.16 bits per heavy atom. The fourth-order valence-electron chi connectivity index (χ4n) is 9.76. The first-order valence-electron chi connectivity index (χ1n) is 13.9. The van der Waals surface area contributed by atoms with Gasteiger partial charge in [-0.15, -0.1) is 0 Å². The van der Waals surface area contributed by atoms with Gasteiger partial charge in [-0.1, -0.05) is 42.5 Å². The van der Waals surface area contributed by atoms with E-state index in [1.165, 1.54) is 11.1 Å². The number of nitrogens with zero attached hydrogens (tertiary/aromatic N) is 2. The lowest BCUT2D eigenvalue weighted by Gasteiger charge is -2.72. The van der Waals surface area contributed by atoms with E-state index in [1.54, 1.807) is 19.3 Å². The van der Waals surface area contributed by atoms with Crippen molar-refractivity contribution in [3.8, 4) is 11.5 Å². The Morgan fingerprint density at radius 2 is 1.97 bits per heavy atom. The molecule has 2 saturated heterocycles. The molecule has 1 N–H and O–H groups in total. The maximum absolute atomic E-state index is 13.6. The highest BCUT2D eigenvalue weighted by Gasteiger charge is 2.82. The highest BCUT2D eigenvalue weighted by Crippen LogP contribution is 2.76. The largest absolute Gasteiger partial charge is 0.504 e. The number of amides is 1. The van der Waals surface area contributed by atoms with Crippen molar-refractivity contribution in [3.05, 3.63) is 76.9 Å². The van der Waals surface area contributed by atoms with Gasteiger partial charge in [0.1, 0.15) is 11.7 Å². The normalized spacial score (nSPS) is 39.4. The first kappa shape index (κ1) is 22.9. The zero-order valence-corrected chi connectivity index (χ0v) is 22.2. The van der Waals surface area contributed by atoms with E-state index in [-0.39, 0.29) is 40.4 Å². The molecule has 1 amide bonds. The van der Waals surface area contributed by atoms with E-state index in [0.29, 0.717) is 24.9 Å². The predicted octanol–water partition coefficient (Wildman–Crippen LogP) is 3.70. The maximum atomic E-state index is 13.6. The van der Waals surface area contributed by atoms with Gasteiger partial charge in [-0.05, 0) is 68.1 Å². The van der Waals surface area contributed by atoms with Gasteiger partial charge >= 0.3 is 0 Å². The second-order valence-electron chi connectivity index (χ2n) is 12.3. The molecule has 7 aliphatic rings. The minimum atomic E-state index is -0.651. The van der Waals surface area contributed by atoms with Crippen molar-refractivity contribution in [1.29, 1.82) is 0 Å². The van der Waals surface area contributed by atoms with Gasteiger partial charge in [0.15, 0.2) is 11.5 Å². The third kappa shape index (κ3) is 2.37. The van der Waals surface area contributed by atoms with Gasteiger partial charge in [0, 0.05) is 49.2 Å². The average molecular weight is 511 g/mol. The van der Waals surface area contributed by atoms with Crippen molar-refractivity contribution < 1.29 is 19.4 Å². The molecule has 196 valence electrons. The summed E-state index contributed by atoms with van der Waals surface area (Å²) in [6, 6.07) is 12.4. The molecule has 7 atom stereocenters. The van der Waals surface area contributed by atoms with Crippen molar-refractivity contribution in [2.45, 2.75) is 42.9 Å². The number of rotatable bonds is 3. The average Bonchev–Trinajstić information content (AvgIpc) is 3.54. The standard InChI is InChI=1S/C32H34N2O4/c1-19-6-4-5-7-20(19)9-11-26(36)34-17-22-23(18-34)32(37-3)13-12-30(22)25-16-21-8-10-24(35)28-27(21)31(30,29(32)38-28)14-15-33(25)2/h4-13,22-23,25,29,35H,14-18H2,1-3H3. The van der Waals surface area contributed by atoms with Crippen LogP contribution in [0.5, 0.6) is 11.5 Å². The third-order valence-electron chi connectivity index (χ3n) is 11.3. The second kappa shape index (κ2) is 7.30. The smallest absolute Gasteiger partial charge is 0.246 e. The van der Waals surface area contributed by atoms with Crippen LogP contribution in [-0.4, -0.2) is 72.4 Å². The number of phenols is 1. The Labute approximate surface area is 223 Å². The maximum Gasteiger partial charge on any atom is 0.246 e. The van der Waals surface area contributed by atoms with Crippen LogP contribution >= 0.6 is 0 Å². The fourth-order valence-corrected chi connectivity index (χ4v) is 9.76. The summed E-state index contributed by atoms with van der Waals surface area (Å²) >= 11 is 0. The number of carbonyl (C=O) groups is 1. The molecule has 38 heavy (non-hydrogen) atoms. The summed E-state index contributed by atoms with van der Waals surface area (Å²) in [4.78, 5) is 18.2. The van der Waals surface area contributed by atoms with Crippen LogP contribution in [0.1, 0.15) is 28.7 Å². The van der Waals surface area contributed by atoms with E-state index in [2.05, 4.69) is 43.2 Å². The lowest BCUT2D eigenvalue weighted by atomic mass is 9.34. The Balaban J connectivity index is 1.26. The van der Waals surface area contributed by atoms with Crippen molar-refractivity contribution in [3.63, 3.8) is 0 Å². The zero-order chi connectivity index (χ0) is 26.0. The molecule has 2 aromatic carbocycles. The van der Waals surface area contributed by atoms with Gasteiger partial charge < -0.3 is 24.4 Å². The number of piperidine rings is 1. The van der Waals surface area contributed by atoms with Gasteiger partial charge in [-0.3, -0.25) is 4.79 Å². The van der Waals surface area contributed by atoms with Crippen LogP contribution in [0.4, 0.5) is 0 Å². The van der Waals surface area contributed by atoms with Crippen molar-refractivity contribution in [2.75, 3.05) is 33.8 Å². The number of hydrogen-bond acceptors (Lipinski definition) is 5.